The van der Waals surface area contributed by atoms with E-state index in [-0.39, 0.29) is 5.78 Å². The zero-order chi connectivity index (χ0) is 16.2. The van der Waals surface area contributed by atoms with E-state index >= 15 is 0 Å². The number of carbonyl (C=O) groups excluding carboxylic acids is 2. The molecule has 0 amide bonds. The van der Waals surface area contributed by atoms with E-state index in [0.717, 1.165) is 5.56 Å². The van der Waals surface area contributed by atoms with Crippen molar-refractivity contribution in [2.45, 2.75) is 6.04 Å². The van der Waals surface area contributed by atoms with Gasteiger partial charge in [0, 0.05) is 11.1 Å². The lowest BCUT2D eigenvalue weighted by atomic mass is 9.95. The van der Waals surface area contributed by atoms with E-state index in [4.69, 9.17) is 4.74 Å². The number of benzene rings is 2. The summed E-state index contributed by atoms with van der Waals surface area (Å²) < 4.78 is 4.83. The smallest absolute Gasteiger partial charge is 0.329 e. The lowest BCUT2D eigenvalue weighted by molar-refractivity contribution is -0.141. The molecule has 3 rings (SSSR count). The second-order valence-electron chi connectivity index (χ2n) is 5.08. The Morgan fingerprint density at radius 1 is 0.957 bits per heavy atom. The summed E-state index contributed by atoms with van der Waals surface area (Å²) in [7, 11) is 1.32. The van der Waals surface area contributed by atoms with Gasteiger partial charge in [-0.1, -0.05) is 60.7 Å². The molecule has 0 saturated heterocycles. The van der Waals surface area contributed by atoms with E-state index in [1.54, 1.807) is 24.3 Å². The van der Waals surface area contributed by atoms with E-state index in [9.17, 15) is 9.59 Å². The molecular formula is C18H16N2O3. The standard InChI is InChI=1S/C18H16N2O3/c1-23-18(22)16-14(12-8-4-2-5-9-12)15(19-20-16)17(21)13-10-6-3-7-11-13/h2-11,16,19-20H,1H3. The first kappa shape index (κ1) is 15.0. The topological polar surface area (TPSA) is 67.4 Å². The zero-order valence-electron chi connectivity index (χ0n) is 12.6. The fraction of sp³-hybridized carbons (Fsp3) is 0.111. The number of esters is 1. The van der Waals surface area contributed by atoms with Crippen LogP contribution in [0.15, 0.2) is 66.4 Å². The Labute approximate surface area is 133 Å². The summed E-state index contributed by atoms with van der Waals surface area (Å²) >= 11 is 0. The van der Waals surface area contributed by atoms with E-state index < -0.39 is 12.0 Å². The number of methoxy groups -OCH3 is 1. The Morgan fingerprint density at radius 3 is 2.17 bits per heavy atom. The number of hydrazine groups is 1. The minimum Gasteiger partial charge on any atom is -0.468 e. The minimum atomic E-state index is -0.731. The van der Waals surface area contributed by atoms with Crippen LogP contribution in [0.5, 0.6) is 0 Å². The van der Waals surface area contributed by atoms with Crippen LogP contribution in [0.2, 0.25) is 0 Å². The molecule has 0 aromatic heterocycles. The molecule has 23 heavy (non-hydrogen) atoms. The SMILES string of the molecule is COC(=O)C1NNC(C(=O)c2ccccc2)=C1c1ccccc1. The monoisotopic (exact) mass is 308 g/mol. The highest BCUT2D eigenvalue weighted by molar-refractivity contribution is 6.15. The quantitative estimate of drug-likeness (QED) is 0.667. The summed E-state index contributed by atoms with van der Waals surface area (Å²) in [6, 6.07) is 17.5. The van der Waals surface area contributed by atoms with E-state index in [1.165, 1.54) is 7.11 Å². The highest BCUT2D eigenvalue weighted by Gasteiger charge is 2.35. The highest BCUT2D eigenvalue weighted by Crippen LogP contribution is 2.27. The van der Waals surface area contributed by atoms with Crippen LogP contribution in [-0.2, 0) is 9.53 Å². The number of ether oxygens (including phenoxy) is 1. The van der Waals surface area contributed by atoms with Crippen LogP contribution in [0, 0.1) is 0 Å². The van der Waals surface area contributed by atoms with E-state index in [0.29, 0.717) is 16.8 Å². The molecule has 5 nitrogen and oxygen atoms in total. The Balaban J connectivity index is 2.09. The maximum atomic E-state index is 12.8. The van der Waals surface area contributed by atoms with E-state index in [1.807, 2.05) is 36.4 Å². The van der Waals surface area contributed by atoms with Gasteiger partial charge in [-0.3, -0.25) is 4.79 Å². The maximum Gasteiger partial charge on any atom is 0.329 e. The van der Waals surface area contributed by atoms with Gasteiger partial charge >= 0.3 is 5.97 Å². The first-order valence-corrected chi connectivity index (χ1v) is 7.21. The van der Waals surface area contributed by atoms with Crippen LogP contribution in [-0.4, -0.2) is 24.9 Å². The lowest BCUT2D eigenvalue weighted by Gasteiger charge is -2.12. The van der Waals surface area contributed by atoms with Gasteiger partial charge in [-0.25, -0.2) is 10.2 Å². The molecule has 2 N–H and O–H groups in total. The molecule has 0 saturated carbocycles. The Kier molecular flexibility index (Phi) is 4.21. The summed E-state index contributed by atoms with van der Waals surface area (Å²) in [5.41, 5.74) is 7.98. The molecule has 5 heteroatoms. The molecule has 0 bridgehead atoms. The van der Waals surface area contributed by atoms with Crippen molar-refractivity contribution in [1.29, 1.82) is 0 Å². The summed E-state index contributed by atoms with van der Waals surface area (Å²) in [4.78, 5) is 24.8. The van der Waals surface area contributed by atoms with Crippen LogP contribution in [0.3, 0.4) is 0 Å². The third-order valence-electron chi connectivity index (χ3n) is 3.68. The van der Waals surface area contributed by atoms with Gasteiger partial charge in [0.1, 0.15) is 5.70 Å². The van der Waals surface area contributed by atoms with Crippen molar-refractivity contribution in [3.8, 4) is 0 Å². The predicted molar refractivity (Wildman–Crippen MR) is 86.2 cm³/mol. The van der Waals surface area contributed by atoms with Crippen molar-refractivity contribution in [3.63, 3.8) is 0 Å². The van der Waals surface area contributed by atoms with Gasteiger partial charge in [0.15, 0.2) is 6.04 Å². The van der Waals surface area contributed by atoms with Gasteiger partial charge < -0.3 is 10.2 Å². The largest absolute Gasteiger partial charge is 0.468 e. The number of hydrogen-bond donors (Lipinski definition) is 2. The van der Waals surface area contributed by atoms with Crippen molar-refractivity contribution in [1.82, 2.24) is 10.9 Å². The molecule has 116 valence electrons. The molecule has 1 unspecified atom stereocenters. The number of rotatable bonds is 4. The predicted octanol–water partition coefficient (Wildman–Crippen LogP) is 1.93. The van der Waals surface area contributed by atoms with Gasteiger partial charge in [-0.2, -0.15) is 0 Å². The number of allylic oxidation sites excluding steroid dienone is 1. The van der Waals surface area contributed by atoms with Crippen molar-refractivity contribution < 1.29 is 14.3 Å². The zero-order valence-corrected chi connectivity index (χ0v) is 12.6. The molecular weight excluding hydrogens is 292 g/mol. The summed E-state index contributed by atoms with van der Waals surface area (Å²) in [6.45, 7) is 0. The Morgan fingerprint density at radius 2 is 1.57 bits per heavy atom. The Hall–Kier alpha value is -2.92. The lowest BCUT2D eigenvalue weighted by Crippen LogP contribution is -2.39. The number of ketones is 1. The first-order valence-electron chi connectivity index (χ1n) is 7.21. The Bertz CT molecular complexity index is 754. The summed E-state index contributed by atoms with van der Waals surface area (Å²) in [6.07, 6.45) is 0. The fourth-order valence-electron chi connectivity index (χ4n) is 2.56. The van der Waals surface area contributed by atoms with Gasteiger partial charge in [-0.15, -0.1) is 0 Å². The number of nitrogens with one attached hydrogen (secondary N) is 2. The molecule has 0 radical (unpaired) electrons. The molecule has 0 fully saturated rings. The normalized spacial score (nSPS) is 16.8. The number of Topliss-reactive ketones (excluding diaryl/α,β-unsaturated/α-hetero) is 1. The van der Waals surface area contributed by atoms with Gasteiger partial charge in [0.2, 0.25) is 5.78 Å². The molecule has 1 heterocycles. The second kappa shape index (κ2) is 6.46. The molecule has 1 atom stereocenters. The third-order valence-corrected chi connectivity index (χ3v) is 3.68. The molecule has 0 spiro atoms. The fourth-order valence-corrected chi connectivity index (χ4v) is 2.56. The number of carbonyl (C=O) groups is 2. The van der Waals surface area contributed by atoms with Crippen LogP contribution in [0.1, 0.15) is 15.9 Å². The van der Waals surface area contributed by atoms with Crippen LogP contribution >= 0.6 is 0 Å². The molecule has 2 aromatic carbocycles. The second-order valence-corrected chi connectivity index (χ2v) is 5.08. The highest BCUT2D eigenvalue weighted by atomic mass is 16.5. The maximum absolute atomic E-state index is 12.8. The average Bonchev–Trinajstić information content (AvgIpc) is 3.07. The molecule has 1 aliphatic rings. The van der Waals surface area contributed by atoms with Gasteiger partial charge in [0.05, 0.1) is 7.11 Å². The summed E-state index contributed by atoms with van der Waals surface area (Å²) in [5, 5.41) is 0. The van der Waals surface area contributed by atoms with Crippen LogP contribution in [0.25, 0.3) is 5.57 Å². The average molecular weight is 308 g/mol. The molecule has 2 aromatic rings. The van der Waals surface area contributed by atoms with Crippen LogP contribution < -0.4 is 10.9 Å². The van der Waals surface area contributed by atoms with Gasteiger partial charge in [0.25, 0.3) is 0 Å². The summed E-state index contributed by atoms with van der Waals surface area (Å²) in [5.74, 6) is -0.629. The minimum absolute atomic E-state index is 0.177. The van der Waals surface area contributed by atoms with Crippen molar-refractivity contribution in [2.75, 3.05) is 7.11 Å². The number of hydrogen-bond acceptors (Lipinski definition) is 5. The first-order chi connectivity index (χ1) is 11.2. The van der Waals surface area contributed by atoms with Crippen molar-refractivity contribution in [3.05, 3.63) is 77.5 Å². The molecule has 1 aliphatic heterocycles. The third kappa shape index (κ3) is 2.86. The van der Waals surface area contributed by atoms with Crippen LogP contribution in [0.4, 0.5) is 0 Å². The van der Waals surface area contributed by atoms with Crippen molar-refractivity contribution in [2.24, 2.45) is 0 Å². The molecule has 0 aliphatic carbocycles. The van der Waals surface area contributed by atoms with E-state index in [2.05, 4.69) is 10.9 Å². The van der Waals surface area contributed by atoms with Gasteiger partial charge in [-0.05, 0) is 5.56 Å². The van der Waals surface area contributed by atoms with Crippen molar-refractivity contribution >= 4 is 17.3 Å².